The van der Waals surface area contributed by atoms with Gasteiger partial charge in [-0.2, -0.15) is 5.26 Å². The van der Waals surface area contributed by atoms with Crippen LogP contribution in [0.1, 0.15) is 64.8 Å². The highest BCUT2D eigenvalue weighted by atomic mass is 35.5. The number of benzene rings is 2. The summed E-state index contributed by atoms with van der Waals surface area (Å²) in [6, 6.07) is 15.3. The van der Waals surface area contributed by atoms with Crippen molar-refractivity contribution < 1.29 is 4.79 Å². The van der Waals surface area contributed by atoms with Crippen LogP contribution in [0, 0.1) is 29.1 Å². The topological polar surface area (TPSA) is 65.2 Å². The van der Waals surface area contributed by atoms with Crippen LogP contribution in [0.15, 0.2) is 55.0 Å². The Bertz CT molecular complexity index is 1360. The van der Waals surface area contributed by atoms with Crippen molar-refractivity contribution in [3.63, 3.8) is 0 Å². The molecule has 2 heterocycles. The maximum atomic E-state index is 13.5. The third-order valence-electron chi connectivity index (χ3n) is 7.51. The Morgan fingerprint density at radius 2 is 1.76 bits per heavy atom. The summed E-state index contributed by atoms with van der Waals surface area (Å²) < 4.78 is 2.14. The molecule has 1 aliphatic carbocycles. The lowest BCUT2D eigenvalue weighted by molar-refractivity contribution is 0.0625. The monoisotopic (exact) mass is 525 g/mol. The number of piperazine rings is 1. The lowest BCUT2D eigenvalue weighted by Crippen LogP contribution is -2.48. The summed E-state index contributed by atoms with van der Waals surface area (Å²) in [5.41, 5.74) is 4.30. The molecule has 38 heavy (non-hydrogen) atoms. The zero-order chi connectivity index (χ0) is 26.3. The lowest BCUT2D eigenvalue weighted by atomic mass is 9.89. The molecule has 0 atom stereocenters. The first-order valence-corrected chi connectivity index (χ1v) is 13.8. The van der Waals surface area contributed by atoms with Gasteiger partial charge in [0.2, 0.25) is 0 Å². The van der Waals surface area contributed by atoms with E-state index in [-0.39, 0.29) is 5.91 Å². The average Bonchev–Trinajstić information content (AvgIpc) is 3.39. The van der Waals surface area contributed by atoms with Crippen molar-refractivity contribution >= 4 is 17.5 Å². The molecular formula is C31H32ClN5O. The molecular weight excluding hydrogens is 494 g/mol. The zero-order valence-electron chi connectivity index (χ0n) is 21.6. The summed E-state index contributed by atoms with van der Waals surface area (Å²) in [5, 5.41) is 9.58. The highest BCUT2D eigenvalue weighted by Crippen LogP contribution is 2.24. The molecule has 1 saturated heterocycles. The molecule has 1 amide bonds. The molecule has 1 aromatic heterocycles. The molecule has 1 aliphatic heterocycles. The maximum Gasteiger partial charge on any atom is 0.255 e. The smallest absolute Gasteiger partial charge is 0.255 e. The first-order chi connectivity index (χ1) is 18.6. The maximum absolute atomic E-state index is 13.5. The van der Waals surface area contributed by atoms with Gasteiger partial charge in [0, 0.05) is 62.0 Å². The van der Waals surface area contributed by atoms with E-state index < -0.39 is 0 Å². The first-order valence-electron chi connectivity index (χ1n) is 13.4. The minimum Gasteiger partial charge on any atom is -0.336 e. The van der Waals surface area contributed by atoms with Crippen molar-refractivity contribution in [2.45, 2.75) is 45.2 Å². The van der Waals surface area contributed by atoms with Crippen LogP contribution in [-0.4, -0.2) is 51.4 Å². The molecule has 194 valence electrons. The van der Waals surface area contributed by atoms with Gasteiger partial charge < -0.3 is 9.47 Å². The van der Waals surface area contributed by atoms with Gasteiger partial charge in [-0.05, 0) is 48.7 Å². The predicted octanol–water partition coefficient (Wildman–Crippen LogP) is 5.35. The van der Waals surface area contributed by atoms with Gasteiger partial charge in [0.25, 0.3) is 5.91 Å². The fourth-order valence-corrected chi connectivity index (χ4v) is 5.41. The third kappa shape index (κ3) is 6.45. The second-order valence-corrected chi connectivity index (χ2v) is 10.6. The van der Waals surface area contributed by atoms with Crippen LogP contribution in [0.25, 0.3) is 0 Å². The van der Waals surface area contributed by atoms with Crippen LogP contribution in [0.2, 0.25) is 5.02 Å². The minimum atomic E-state index is 0.00551. The Kier molecular flexibility index (Phi) is 8.44. The predicted molar refractivity (Wildman–Crippen MR) is 149 cm³/mol. The molecule has 2 fully saturated rings. The van der Waals surface area contributed by atoms with E-state index in [1.807, 2.05) is 53.8 Å². The van der Waals surface area contributed by atoms with Gasteiger partial charge in [0.1, 0.15) is 0 Å². The molecule has 0 spiro atoms. The van der Waals surface area contributed by atoms with Crippen LogP contribution in [-0.2, 0) is 13.1 Å². The quantitative estimate of drug-likeness (QED) is 0.421. The highest BCUT2D eigenvalue weighted by Gasteiger charge is 2.24. The lowest BCUT2D eigenvalue weighted by Gasteiger charge is -2.35. The van der Waals surface area contributed by atoms with Gasteiger partial charge in [0.05, 0.1) is 29.2 Å². The van der Waals surface area contributed by atoms with E-state index in [2.05, 4.69) is 32.4 Å². The SMILES string of the molecule is N#Cc1ccc(Cn2cncc2CN2CCN(C(=O)c3cc(Cl)ccc3C#CC3CCCCC3)CC2)cc1. The van der Waals surface area contributed by atoms with Crippen LogP contribution < -0.4 is 0 Å². The Morgan fingerprint density at radius 3 is 2.50 bits per heavy atom. The number of hydrogen-bond donors (Lipinski definition) is 0. The van der Waals surface area contributed by atoms with Crippen molar-refractivity contribution in [1.82, 2.24) is 19.4 Å². The van der Waals surface area contributed by atoms with Gasteiger partial charge in [-0.25, -0.2) is 4.98 Å². The van der Waals surface area contributed by atoms with Crippen LogP contribution in [0.5, 0.6) is 0 Å². The van der Waals surface area contributed by atoms with Gasteiger partial charge in [-0.1, -0.05) is 54.8 Å². The molecule has 0 bridgehead atoms. The molecule has 0 radical (unpaired) electrons. The summed E-state index contributed by atoms with van der Waals surface area (Å²) in [7, 11) is 0. The number of nitriles is 1. The molecule has 5 rings (SSSR count). The van der Waals surface area contributed by atoms with Gasteiger partial charge in [-0.15, -0.1) is 0 Å². The number of rotatable bonds is 5. The van der Waals surface area contributed by atoms with Crippen molar-refractivity contribution in [3.05, 3.63) is 88.0 Å². The van der Waals surface area contributed by atoms with E-state index in [1.54, 1.807) is 6.07 Å². The van der Waals surface area contributed by atoms with E-state index >= 15 is 0 Å². The summed E-state index contributed by atoms with van der Waals surface area (Å²) in [6.45, 7) is 4.37. The number of hydrogen-bond acceptors (Lipinski definition) is 4. The van der Waals surface area contributed by atoms with E-state index in [9.17, 15) is 4.79 Å². The molecule has 2 aliphatic rings. The Labute approximate surface area is 229 Å². The molecule has 6 nitrogen and oxygen atoms in total. The van der Waals surface area contributed by atoms with E-state index in [1.165, 1.54) is 19.3 Å². The van der Waals surface area contributed by atoms with Gasteiger partial charge in [-0.3, -0.25) is 9.69 Å². The van der Waals surface area contributed by atoms with E-state index in [0.29, 0.717) is 41.7 Å². The Balaban J connectivity index is 1.20. The van der Waals surface area contributed by atoms with E-state index in [4.69, 9.17) is 16.9 Å². The van der Waals surface area contributed by atoms with Gasteiger partial charge in [0.15, 0.2) is 0 Å². The molecule has 1 saturated carbocycles. The number of carbonyl (C=O) groups is 1. The van der Waals surface area contributed by atoms with Crippen molar-refractivity contribution in [1.29, 1.82) is 5.26 Å². The number of halogens is 1. The second kappa shape index (κ2) is 12.3. The molecule has 3 aromatic rings. The molecule has 7 heteroatoms. The van der Waals surface area contributed by atoms with Gasteiger partial charge >= 0.3 is 0 Å². The van der Waals surface area contributed by atoms with Crippen molar-refractivity contribution in [2.24, 2.45) is 5.92 Å². The molecule has 2 aromatic carbocycles. The number of imidazole rings is 1. The second-order valence-electron chi connectivity index (χ2n) is 10.2. The fraction of sp³-hybridized carbons (Fsp3) is 0.387. The van der Waals surface area contributed by atoms with Crippen molar-refractivity contribution in [3.8, 4) is 17.9 Å². The number of carbonyl (C=O) groups excluding carboxylic acids is 1. The summed E-state index contributed by atoms with van der Waals surface area (Å²) in [4.78, 5) is 22.1. The van der Waals surface area contributed by atoms with E-state index in [0.717, 1.165) is 49.3 Å². The Hall–Kier alpha value is -3.58. The van der Waals surface area contributed by atoms with Crippen LogP contribution >= 0.6 is 11.6 Å². The standard InChI is InChI=1S/C31H32ClN5O/c32-28-13-12-27(11-10-24-4-2-1-3-5-24)30(18-28)31(38)36-16-14-35(15-17-36)22-29-20-34-23-37(29)21-26-8-6-25(19-33)7-9-26/h6-9,12-13,18,20,23-24H,1-5,14-17,21-22H2. The number of amides is 1. The normalized spacial score (nSPS) is 16.5. The highest BCUT2D eigenvalue weighted by molar-refractivity contribution is 6.31. The van der Waals surface area contributed by atoms with Crippen LogP contribution in [0.3, 0.4) is 0 Å². The largest absolute Gasteiger partial charge is 0.336 e. The minimum absolute atomic E-state index is 0.00551. The fourth-order valence-electron chi connectivity index (χ4n) is 5.24. The summed E-state index contributed by atoms with van der Waals surface area (Å²) in [5.74, 6) is 7.16. The summed E-state index contributed by atoms with van der Waals surface area (Å²) >= 11 is 6.29. The average molecular weight is 526 g/mol. The summed E-state index contributed by atoms with van der Waals surface area (Å²) in [6.07, 6.45) is 9.84. The Morgan fingerprint density at radius 1 is 1.00 bits per heavy atom. The zero-order valence-corrected chi connectivity index (χ0v) is 22.3. The van der Waals surface area contributed by atoms with Crippen LogP contribution in [0.4, 0.5) is 0 Å². The molecule has 0 unspecified atom stereocenters. The molecule has 0 N–H and O–H groups in total. The first kappa shape index (κ1) is 26.0. The number of aromatic nitrogens is 2. The van der Waals surface area contributed by atoms with Crippen molar-refractivity contribution in [2.75, 3.05) is 26.2 Å². The number of nitrogens with zero attached hydrogens (tertiary/aromatic N) is 5. The third-order valence-corrected chi connectivity index (χ3v) is 7.74.